The van der Waals surface area contributed by atoms with Crippen LogP contribution in [-0.4, -0.2) is 17.2 Å². The molecule has 0 bridgehead atoms. The highest BCUT2D eigenvalue weighted by Gasteiger charge is 2.12. The van der Waals surface area contributed by atoms with Crippen LogP contribution in [0.25, 0.3) is 0 Å². The number of carboxylic acids is 1. The highest BCUT2D eigenvalue weighted by atomic mass is 35.5. The molecule has 1 aromatic carbocycles. The fourth-order valence-corrected chi connectivity index (χ4v) is 1.53. The first-order chi connectivity index (χ1) is 7.63. The van der Waals surface area contributed by atoms with Crippen molar-refractivity contribution in [3.8, 4) is 0 Å². The van der Waals surface area contributed by atoms with E-state index in [0.717, 1.165) is 5.56 Å². The molecule has 0 spiro atoms. The van der Waals surface area contributed by atoms with E-state index in [1.165, 1.54) is 0 Å². The van der Waals surface area contributed by atoms with E-state index < -0.39 is 5.97 Å². The fourth-order valence-electron chi connectivity index (χ4n) is 1.34. The normalized spacial score (nSPS) is 12.4. The lowest BCUT2D eigenvalue weighted by Crippen LogP contribution is -2.16. The third kappa shape index (κ3) is 4.21. The van der Waals surface area contributed by atoms with Crippen molar-refractivity contribution in [3.05, 3.63) is 34.9 Å². The van der Waals surface area contributed by atoms with Gasteiger partial charge in [-0.25, -0.2) is 0 Å². The number of hydrogen-bond donors (Lipinski definition) is 1. The van der Waals surface area contributed by atoms with Gasteiger partial charge >= 0.3 is 5.97 Å². The molecule has 0 aromatic heterocycles. The van der Waals surface area contributed by atoms with Crippen LogP contribution in [0.5, 0.6) is 0 Å². The average Bonchev–Trinajstić information content (AvgIpc) is 2.25. The number of halogens is 1. The molecule has 16 heavy (non-hydrogen) atoms. The van der Waals surface area contributed by atoms with Gasteiger partial charge in [-0.3, -0.25) is 4.79 Å². The molecular weight excluding hydrogens is 228 g/mol. The molecule has 0 radical (unpaired) electrons. The molecule has 0 aliphatic heterocycles. The van der Waals surface area contributed by atoms with Gasteiger partial charge in [-0.1, -0.05) is 36.7 Å². The molecule has 0 heterocycles. The summed E-state index contributed by atoms with van der Waals surface area (Å²) in [6, 6.07) is 7.39. The van der Waals surface area contributed by atoms with E-state index >= 15 is 0 Å². The highest BCUT2D eigenvalue weighted by molar-refractivity contribution is 6.31. The van der Waals surface area contributed by atoms with E-state index in [0.29, 0.717) is 18.1 Å². The van der Waals surface area contributed by atoms with Gasteiger partial charge in [0, 0.05) is 5.02 Å². The van der Waals surface area contributed by atoms with Crippen LogP contribution in [0.4, 0.5) is 0 Å². The van der Waals surface area contributed by atoms with E-state index in [1.807, 2.05) is 25.1 Å². The second kappa shape index (κ2) is 6.51. The first-order valence-electron chi connectivity index (χ1n) is 5.20. The number of carbonyl (C=O) groups is 1. The second-order valence-corrected chi connectivity index (χ2v) is 3.94. The number of carboxylic acid groups (broad SMARTS) is 1. The summed E-state index contributed by atoms with van der Waals surface area (Å²) >= 11 is 5.96. The van der Waals surface area contributed by atoms with Gasteiger partial charge in [0.1, 0.15) is 0 Å². The van der Waals surface area contributed by atoms with Crippen molar-refractivity contribution in [2.75, 3.05) is 0 Å². The molecule has 0 aliphatic carbocycles. The average molecular weight is 243 g/mol. The van der Waals surface area contributed by atoms with Crippen LogP contribution in [0, 0.1) is 0 Å². The van der Waals surface area contributed by atoms with Crippen LogP contribution in [0.1, 0.15) is 25.3 Å². The summed E-state index contributed by atoms with van der Waals surface area (Å²) < 4.78 is 5.50. The molecule has 1 rings (SSSR count). The Morgan fingerprint density at radius 1 is 1.50 bits per heavy atom. The molecule has 0 saturated carbocycles. The van der Waals surface area contributed by atoms with Gasteiger partial charge in [0.05, 0.1) is 19.1 Å². The smallest absolute Gasteiger partial charge is 0.305 e. The van der Waals surface area contributed by atoms with Crippen molar-refractivity contribution >= 4 is 17.6 Å². The number of aliphatic carboxylic acids is 1. The molecule has 88 valence electrons. The Kier molecular flexibility index (Phi) is 5.29. The van der Waals surface area contributed by atoms with Crippen molar-refractivity contribution in [1.29, 1.82) is 0 Å². The Balaban J connectivity index is 2.49. The van der Waals surface area contributed by atoms with Gasteiger partial charge in [0.25, 0.3) is 0 Å². The van der Waals surface area contributed by atoms with Crippen molar-refractivity contribution in [2.24, 2.45) is 0 Å². The number of ether oxygens (including phenoxy) is 1. The summed E-state index contributed by atoms with van der Waals surface area (Å²) in [7, 11) is 0. The van der Waals surface area contributed by atoms with Crippen LogP contribution in [-0.2, 0) is 16.1 Å². The number of rotatable bonds is 6. The highest BCUT2D eigenvalue weighted by Crippen LogP contribution is 2.17. The lowest BCUT2D eigenvalue weighted by atomic mass is 10.2. The molecule has 0 saturated heterocycles. The Labute approximate surface area is 100.0 Å². The summed E-state index contributed by atoms with van der Waals surface area (Å²) in [6.45, 7) is 2.26. The largest absolute Gasteiger partial charge is 0.481 e. The minimum atomic E-state index is -0.842. The molecular formula is C12H15ClO3. The van der Waals surface area contributed by atoms with E-state index in [4.69, 9.17) is 21.4 Å². The molecule has 1 atom stereocenters. The maximum Gasteiger partial charge on any atom is 0.305 e. The molecule has 1 aromatic rings. The van der Waals surface area contributed by atoms with Crippen molar-refractivity contribution < 1.29 is 14.6 Å². The topological polar surface area (TPSA) is 46.5 Å². The van der Waals surface area contributed by atoms with Crippen molar-refractivity contribution in [3.63, 3.8) is 0 Å². The van der Waals surface area contributed by atoms with E-state index in [9.17, 15) is 4.79 Å². The van der Waals surface area contributed by atoms with Gasteiger partial charge in [-0.15, -0.1) is 0 Å². The molecule has 0 aliphatic rings. The zero-order chi connectivity index (χ0) is 12.0. The van der Waals surface area contributed by atoms with Crippen molar-refractivity contribution in [2.45, 2.75) is 32.5 Å². The van der Waals surface area contributed by atoms with Gasteiger partial charge in [0.2, 0.25) is 0 Å². The predicted molar refractivity (Wildman–Crippen MR) is 62.6 cm³/mol. The fraction of sp³-hybridized carbons (Fsp3) is 0.417. The Hall–Kier alpha value is -1.06. The second-order valence-electron chi connectivity index (χ2n) is 3.53. The van der Waals surface area contributed by atoms with Crippen LogP contribution >= 0.6 is 11.6 Å². The zero-order valence-corrected chi connectivity index (χ0v) is 9.91. The molecule has 3 nitrogen and oxygen atoms in total. The first-order valence-corrected chi connectivity index (χ1v) is 5.58. The maximum absolute atomic E-state index is 10.5. The Bertz CT molecular complexity index is 352. The molecule has 4 heteroatoms. The van der Waals surface area contributed by atoms with E-state index in [2.05, 4.69) is 0 Å². The summed E-state index contributed by atoms with van der Waals surface area (Å²) in [5.41, 5.74) is 0.882. The molecule has 0 amide bonds. The SMILES string of the molecule is CCC(CC(=O)O)OCc1ccccc1Cl. The van der Waals surface area contributed by atoms with Crippen LogP contribution in [0.2, 0.25) is 5.02 Å². The maximum atomic E-state index is 10.5. The minimum Gasteiger partial charge on any atom is -0.481 e. The van der Waals surface area contributed by atoms with Crippen LogP contribution in [0.15, 0.2) is 24.3 Å². The Morgan fingerprint density at radius 2 is 2.19 bits per heavy atom. The summed E-state index contributed by atoms with van der Waals surface area (Å²) in [5, 5.41) is 9.31. The first kappa shape index (κ1) is 13.0. The minimum absolute atomic E-state index is 0.0287. The third-order valence-electron chi connectivity index (χ3n) is 2.29. The number of hydrogen-bond acceptors (Lipinski definition) is 2. The van der Waals surface area contributed by atoms with E-state index in [-0.39, 0.29) is 12.5 Å². The van der Waals surface area contributed by atoms with Gasteiger partial charge in [-0.05, 0) is 18.1 Å². The van der Waals surface area contributed by atoms with Gasteiger partial charge in [0.15, 0.2) is 0 Å². The number of benzene rings is 1. The third-order valence-corrected chi connectivity index (χ3v) is 2.66. The summed E-state index contributed by atoms with van der Waals surface area (Å²) in [5.74, 6) is -0.842. The summed E-state index contributed by atoms with van der Waals surface area (Å²) in [6.07, 6.45) is 0.450. The lowest BCUT2D eigenvalue weighted by molar-refractivity contribution is -0.140. The summed E-state index contributed by atoms with van der Waals surface area (Å²) in [4.78, 5) is 10.5. The van der Waals surface area contributed by atoms with E-state index in [1.54, 1.807) is 6.07 Å². The molecule has 1 unspecified atom stereocenters. The van der Waals surface area contributed by atoms with Crippen molar-refractivity contribution in [1.82, 2.24) is 0 Å². The lowest BCUT2D eigenvalue weighted by Gasteiger charge is -2.14. The van der Waals surface area contributed by atoms with Crippen LogP contribution < -0.4 is 0 Å². The van der Waals surface area contributed by atoms with Crippen LogP contribution in [0.3, 0.4) is 0 Å². The van der Waals surface area contributed by atoms with Gasteiger partial charge < -0.3 is 9.84 Å². The zero-order valence-electron chi connectivity index (χ0n) is 9.15. The molecule has 1 N–H and O–H groups in total. The predicted octanol–water partition coefficient (Wildman–Crippen LogP) is 3.11. The quantitative estimate of drug-likeness (QED) is 0.834. The Morgan fingerprint density at radius 3 is 2.75 bits per heavy atom. The molecule has 0 fully saturated rings. The monoisotopic (exact) mass is 242 g/mol. The van der Waals surface area contributed by atoms with Gasteiger partial charge in [-0.2, -0.15) is 0 Å². The standard InChI is InChI=1S/C12H15ClO3/c1-2-10(7-12(14)15)16-8-9-5-3-4-6-11(9)13/h3-6,10H,2,7-8H2,1H3,(H,14,15).